The summed E-state index contributed by atoms with van der Waals surface area (Å²) >= 11 is 0. The molecule has 154 valence electrons. The second-order valence-corrected chi connectivity index (χ2v) is 8.57. The molecule has 2 aliphatic rings. The third-order valence-corrected chi connectivity index (χ3v) is 6.20. The number of hydrogen-bond acceptors (Lipinski definition) is 5. The first-order valence-corrected chi connectivity index (χ1v) is 10.7. The van der Waals surface area contributed by atoms with Crippen LogP contribution in [0.1, 0.15) is 36.8 Å². The van der Waals surface area contributed by atoms with Crippen LogP contribution >= 0.6 is 0 Å². The molecule has 30 heavy (non-hydrogen) atoms. The van der Waals surface area contributed by atoms with Crippen molar-refractivity contribution in [3.8, 4) is 6.07 Å². The molecule has 1 aliphatic heterocycles. The molecule has 7 heteroatoms. The summed E-state index contributed by atoms with van der Waals surface area (Å²) in [6.45, 7) is 2.72. The van der Waals surface area contributed by atoms with Crippen molar-refractivity contribution >= 4 is 16.9 Å². The van der Waals surface area contributed by atoms with Crippen LogP contribution in [0.25, 0.3) is 11.0 Å². The molecule has 0 radical (unpaired) electrons. The van der Waals surface area contributed by atoms with Crippen LogP contribution in [0.5, 0.6) is 0 Å². The number of benzene rings is 1. The van der Waals surface area contributed by atoms with Crippen LogP contribution in [-0.2, 0) is 13.1 Å². The highest BCUT2D eigenvalue weighted by Crippen LogP contribution is 2.33. The average Bonchev–Trinajstić information content (AvgIpc) is 3.51. The number of aromatic nitrogens is 3. The van der Waals surface area contributed by atoms with E-state index >= 15 is 0 Å². The zero-order valence-electron chi connectivity index (χ0n) is 17.0. The summed E-state index contributed by atoms with van der Waals surface area (Å²) in [7, 11) is 0. The molecule has 2 N–H and O–H groups in total. The molecular weight excluding hydrogens is 376 g/mol. The SMILES string of the molecule is N#Cc1c(N2CCC[C@H](N)C2)n(Cc2ccccc2)c2c(=O)n(CC3CC3)cnc12. The van der Waals surface area contributed by atoms with Crippen molar-refractivity contribution in [3.05, 3.63) is 58.1 Å². The molecule has 2 aromatic heterocycles. The van der Waals surface area contributed by atoms with E-state index in [1.807, 2.05) is 34.9 Å². The summed E-state index contributed by atoms with van der Waals surface area (Å²) in [5.41, 5.74) is 8.77. The summed E-state index contributed by atoms with van der Waals surface area (Å²) in [4.78, 5) is 20.2. The second kappa shape index (κ2) is 7.62. The van der Waals surface area contributed by atoms with Crippen LogP contribution in [0.15, 0.2) is 41.5 Å². The first-order valence-electron chi connectivity index (χ1n) is 10.7. The lowest BCUT2D eigenvalue weighted by Crippen LogP contribution is -2.44. The van der Waals surface area contributed by atoms with Crippen LogP contribution in [-0.4, -0.2) is 33.2 Å². The zero-order chi connectivity index (χ0) is 20.7. The molecule has 0 unspecified atom stereocenters. The van der Waals surface area contributed by atoms with Gasteiger partial charge in [0.15, 0.2) is 0 Å². The minimum absolute atomic E-state index is 0.0629. The van der Waals surface area contributed by atoms with Crippen molar-refractivity contribution in [1.82, 2.24) is 14.1 Å². The lowest BCUT2D eigenvalue weighted by Gasteiger charge is -2.33. The Hall–Kier alpha value is -3.11. The van der Waals surface area contributed by atoms with Gasteiger partial charge in [-0.2, -0.15) is 5.26 Å². The topological polar surface area (TPSA) is 92.9 Å². The van der Waals surface area contributed by atoms with E-state index in [1.54, 1.807) is 10.9 Å². The van der Waals surface area contributed by atoms with Gasteiger partial charge in [-0.15, -0.1) is 0 Å². The van der Waals surface area contributed by atoms with Crippen molar-refractivity contribution in [1.29, 1.82) is 5.26 Å². The quantitative estimate of drug-likeness (QED) is 0.708. The molecule has 1 aromatic carbocycles. The predicted octanol–water partition coefficient (Wildman–Crippen LogP) is 2.46. The summed E-state index contributed by atoms with van der Waals surface area (Å²) < 4.78 is 3.72. The number of piperidine rings is 1. The Morgan fingerprint density at radius 3 is 2.70 bits per heavy atom. The molecule has 5 rings (SSSR count). The number of nitriles is 1. The summed E-state index contributed by atoms with van der Waals surface area (Å²) in [5.74, 6) is 1.34. The third-order valence-electron chi connectivity index (χ3n) is 6.20. The van der Waals surface area contributed by atoms with Gasteiger partial charge in [-0.25, -0.2) is 4.98 Å². The fourth-order valence-corrected chi connectivity index (χ4v) is 4.51. The van der Waals surface area contributed by atoms with E-state index in [0.717, 1.165) is 43.6 Å². The molecule has 1 aliphatic carbocycles. The van der Waals surface area contributed by atoms with Gasteiger partial charge in [0.2, 0.25) is 0 Å². The Morgan fingerprint density at radius 1 is 1.20 bits per heavy atom. The minimum Gasteiger partial charge on any atom is -0.355 e. The van der Waals surface area contributed by atoms with Crippen LogP contribution in [0.3, 0.4) is 0 Å². The van der Waals surface area contributed by atoms with Gasteiger partial charge < -0.3 is 15.2 Å². The monoisotopic (exact) mass is 402 g/mol. The van der Waals surface area contributed by atoms with Gasteiger partial charge in [-0.05, 0) is 37.2 Å². The van der Waals surface area contributed by atoms with Crippen LogP contribution < -0.4 is 16.2 Å². The van der Waals surface area contributed by atoms with E-state index in [-0.39, 0.29) is 11.6 Å². The van der Waals surface area contributed by atoms with Crippen LogP contribution in [0.4, 0.5) is 5.82 Å². The van der Waals surface area contributed by atoms with Crippen molar-refractivity contribution < 1.29 is 0 Å². The van der Waals surface area contributed by atoms with Gasteiger partial charge in [-0.3, -0.25) is 9.36 Å². The molecule has 0 spiro atoms. The lowest BCUT2D eigenvalue weighted by atomic mass is 10.1. The number of anilines is 1. The van der Waals surface area contributed by atoms with Crippen LogP contribution in [0.2, 0.25) is 0 Å². The van der Waals surface area contributed by atoms with Crippen molar-refractivity contribution in [3.63, 3.8) is 0 Å². The van der Waals surface area contributed by atoms with Gasteiger partial charge in [0, 0.05) is 32.2 Å². The van der Waals surface area contributed by atoms with E-state index in [2.05, 4.69) is 16.0 Å². The predicted molar refractivity (Wildman–Crippen MR) is 116 cm³/mol. The Balaban J connectivity index is 1.73. The van der Waals surface area contributed by atoms with Crippen molar-refractivity contribution in [2.45, 2.75) is 44.8 Å². The average molecular weight is 403 g/mol. The molecule has 3 aromatic rings. The smallest absolute Gasteiger partial charge is 0.277 e. The van der Waals surface area contributed by atoms with Gasteiger partial charge in [0.1, 0.15) is 28.5 Å². The standard InChI is InChI=1S/C23H26N6O/c24-11-19-20-21(23(30)28(15-26-20)12-17-8-9-17)29(13-16-5-2-1-3-6-16)22(19)27-10-4-7-18(25)14-27/h1-3,5-6,15,17-18H,4,7-10,12-14,25H2/t18-/m0/s1. The first kappa shape index (κ1) is 18.9. The van der Waals surface area contributed by atoms with E-state index in [4.69, 9.17) is 5.73 Å². The highest BCUT2D eigenvalue weighted by Gasteiger charge is 2.29. The normalized spacial score (nSPS) is 19.2. The molecule has 2 fully saturated rings. The third kappa shape index (κ3) is 3.37. The van der Waals surface area contributed by atoms with E-state index < -0.39 is 0 Å². The molecular formula is C23H26N6O. The van der Waals surface area contributed by atoms with Gasteiger partial charge >= 0.3 is 0 Å². The van der Waals surface area contributed by atoms with Crippen molar-refractivity contribution in [2.24, 2.45) is 11.7 Å². The van der Waals surface area contributed by atoms with Gasteiger partial charge in [-0.1, -0.05) is 30.3 Å². The van der Waals surface area contributed by atoms with E-state index in [0.29, 0.717) is 42.1 Å². The first-order chi connectivity index (χ1) is 14.7. The number of nitrogens with zero attached hydrogens (tertiary/aromatic N) is 5. The molecule has 3 heterocycles. The maximum absolute atomic E-state index is 13.5. The largest absolute Gasteiger partial charge is 0.355 e. The summed E-state index contributed by atoms with van der Waals surface area (Å²) in [6, 6.07) is 12.5. The number of nitrogens with two attached hydrogens (primary N) is 1. The fourth-order valence-electron chi connectivity index (χ4n) is 4.51. The van der Waals surface area contributed by atoms with E-state index in [1.165, 1.54) is 0 Å². The van der Waals surface area contributed by atoms with Crippen LogP contribution in [0, 0.1) is 17.2 Å². The van der Waals surface area contributed by atoms with Gasteiger partial charge in [0.25, 0.3) is 5.56 Å². The number of fused-ring (bicyclic) bond motifs is 1. The Morgan fingerprint density at radius 2 is 2.00 bits per heavy atom. The number of rotatable bonds is 5. The Bertz CT molecular complexity index is 1170. The number of hydrogen-bond donors (Lipinski definition) is 1. The van der Waals surface area contributed by atoms with Crippen molar-refractivity contribution in [2.75, 3.05) is 18.0 Å². The lowest BCUT2D eigenvalue weighted by molar-refractivity contribution is 0.498. The molecule has 7 nitrogen and oxygen atoms in total. The van der Waals surface area contributed by atoms with Gasteiger partial charge in [0.05, 0.1) is 6.33 Å². The minimum atomic E-state index is -0.0631. The molecule has 1 saturated heterocycles. The maximum atomic E-state index is 13.5. The highest BCUT2D eigenvalue weighted by molar-refractivity contribution is 5.89. The molecule has 0 amide bonds. The second-order valence-electron chi connectivity index (χ2n) is 8.57. The molecule has 0 bridgehead atoms. The molecule has 1 saturated carbocycles. The fraction of sp³-hybridized carbons (Fsp3) is 0.435. The summed E-state index contributed by atoms with van der Waals surface area (Å²) in [5, 5.41) is 10.0. The Kier molecular flexibility index (Phi) is 4.80. The maximum Gasteiger partial charge on any atom is 0.277 e. The Labute approximate surface area is 175 Å². The highest BCUT2D eigenvalue weighted by atomic mass is 16.1. The summed E-state index contributed by atoms with van der Waals surface area (Å²) in [6.07, 6.45) is 5.89. The zero-order valence-corrected chi connectivity index (χ0v) is 17.0. The van der Waals surface area contributed by atoms with E-state index in [9.17, 15) is 10.1 Å². The molecule has 1 atom stereocenters.